The van der Waals surface area contributed by atoms with Crippen LogP contribution in [0.4, 0.5) is 4.79 Å². The molecule has 0 radical (unpaired) electrons. The summed E-state index contributed by atoms with van der Waals surface area (Å²) in [4.78, 5) is 24.1. The van der Waals surface area contributed by atoms with Gasteiger partial charge in [-0.1, -0.05) is 0 Å². The Hall–Kier alpha value is -2.16. The number of urea groups is 1. The van der Waals surface area contributed by atoms with Crippen molar-refractivity contribution in [3.05, 3.63) is 12.2 Å². The number of aliphatic hydroxyl groups is 1. The molecule has 2 rings (SSSR count). The average molecular weight is 283 g/mol. The third-order valence-electron chi connectivity index (χ3n) is 3.26. The molecule has 2 amide bonds. The van der Waals surface area contributed by atoms with Gasteiger partial charge in [-0.15, -0.1) is 10.2 Å². The van der Waals surface area contributed by atoms with E-state index >= 15 is 0 Å². The van der Waals surface area contributed by atoms with Crippen molar-refractivity contribution in [1.29, 1.82) is 0 Å². The predicted molar refractivity (Wildman–Crippen MR) is 66.7 cm³/mol. The largest absolute Gasteiger partial charge is 0.480 e. The number of aromatic nitrogens is 3. The smallest absolute Gasteiger partial charge is 0.326 e. The molecule has 2 heterocycles. The Labute approximate surface area is 115 Å². The number of hydrogen-bond donors (Lipinski definition) is 3. The Morgan fingerprint density at radius 3 is 2.95 bits per heavy atom. The molecule has 0 saturated carbocycles. The summed E-state index contributed by atoms with van der Waals surface area (Å²) in [5.74, 6) is -0.527. The summed E-state index contributed by atoms with van der Waals surface area (Å²) in [6.45, 7) is 2.78. The Kier molecular flexibility index (Phi) is 4.18. The highest BCUT2D eigenvalue weighted by molar-refractivity contribution is 5.83. The van der Waals surface area contributed by atoms with Gasteiger partial charge >= 0.3 is 12.0 Å². The SMILES string of the molecule is CCn1cnnc1CNC(=O)N1CC(O)C[C@H]1C(=O)O. The Bertz CT molecular complexity index is 503. The van der Waals surface area contributed by atoms with Crippen molar-refractivity contribution in [2.45, 2.75) is 38.6 Å². The molecule has 9 heteroatoms. The van der Waals surface area contributed by atoms with Gasteiger partial charge in [-0.2, -0.15) is 0 Å². The lowest BCUT2D eigenvalue weighted by molar-refractivity contribution is -0.141. The van der Waals surface area contributed by atoms with Crippen LogP contribution in [0.2, 0.25) is 0 Å². The molecular formula is C11H17N5O4. The monoisotopic (exact) mass is 283 g/mol. The van der Waals surface area contributed by atoms with Crippen molar-refractivity contribution in [3.63, 3.8) is 0 Å². The summed E-state index contributed by atoms with van der Waals surface area (Å²) in [5.41, 5.74) is 0. The first-order valence-corrected chi connectivity index (χ1v) is 6.35. The minimum absolute atomic E-state index is 0.0171. The molecule has 1 fully saturated rings. The first kappa shape index (κ1) is 14.3. The maximum atomic E-state index is 12.0. The summed E-state index contributed by atoms with van der Waals surface area (Å²) in [7, 11) is 0. The molecule has 1 aromatic heterocycles. The van der Waals surface area contributed by atoms with Crippen LogP contribution in [-0.2, 0) is 17.9 Å². The summed E-state index contributed by atoms with van der Waals surface area (Å²) < 4.78 is 1.77. The van der Waals surface area contributed by atoms with Gasteiger partial charge in [-0.25, -0.2) is 9.59 Å². The number of β-amino-alcohol motifs (C(OH)–C–C–N with tert-alkyl or cyclic N) is 1. The number of aliphatic carboxylic acids is 1. The van der Waals surface area contributed by atoms with Gasteiger partial charge in [0, 0.05) is 19.5 Å². The number of carbonyl (C=O) groups excluding carboxylic acids is 1. The van der Waals surface area contributed by atoms with Gasteiger partial charge in [0.05, 0.1) is 12.6 Å². The lowest BCUT2D eigenvalue weighted by Crippen LogP contribution is -2.46. The van der Waals surface area contributed by atoms with Gasteiger partial charge in [0.15, 0.2) is 5.82 Å². The van der Waals surface area contributed by atoms with E-state index in [1.807, 2.05) is 6.92 Å². The number of rotatable bonds is 4. The number of carboxylic acids is 1. The Balaban J connectivity index is 1.96. The fourth-order valence-corrected chi connectivity index (χ4v) is 2.21. The molecule has 0 aliphatic carbocycles. The number of hydrogen-bond acceptors (Lipinski definition) is 5. The van der Waals surface area contributed by atoms with Crippen LogP contribution in [0.15, 0.2) is 6.33 Å². The fraction of sp³-hybridized carbons (Fsp3) is 0.636. The molecule has 1 aliphatic heterocycles. The highest BCUT2D eigenvalue weighted by Crippen LogP contribution is 2.18. The van der Waals surface area contributed by atoms with Crippen molar-refractivity contribution in [2.75, 3.05) is 6.54 Å². The van der Waals surface area contributed by atoms with Crippen molar-refractivity contribution >= 4 is 12.0 Å². The predicted octanol–water partition coefficient (Wildman–Crippen LogP) is -0.973. The summed E-state index contributed by atoms with van der Waals surface area (Å²) in [6.07, 6.45) is 0.802. The number of carboxylic acid groups (broad SMARTS) is 1. The summed E-state index contributed by atoms with van der Waals surface area (Å²) in [6, 6.07) is -1.52. The number of aryl methyl sites for hydroxylation is 1. The van der Waals surface area contributed by atoms with Crippen LogP contribution in [0.25, 0.3) is 0 Å². The number of nitrogens with one attached hydrogen (secondary N) is 1. The lowest BCUT2D eigenvalue weighted by atomic mass is 10.2. The minimum Gasteiger partial charge on any atom is -0.480 e. The van der Waals surface area contributed by atoms with Gasteiger partial charge < -0.3 is 25.0 Å². The van der Waals surface area contributed by atoms with Gasteiger partial charge in [-0.3, -0.25) is 0 Å². The molecule has 1 unspecified atom stereocenters. The van der Waals surface area contributed by atoms with Crippen molar-refractivity contribution < 1.29 is 19.8 Å². The van der Waals surface area contributed by atoms with Crippen molar-refractivity contribution in [3.8, 4) is 0 Å². The molecule has 1 saturated heterocycles. The second kappa shape index (κ2) is 5.87. The maximum Gasteiger partial charge on any atom is 0.326 e. The molecular weight excluding hydrogens is 266 g/mol. The third-order valence-corrected chi connectivity index (χ3v) is 3.26. The quantitative estimate of drug-likeness (QED) is 0.653. The van der Waals surface area contributed by atoms with Gasteiger partial charge in [-0.05, 0) is 6.92 Å². The molecule has 2 atom stereocenters. The lowest BCUT2D eigenvalue weighted by Gasteiger charge is -2.21. The van der Waals surface area contributed by atoms with E-state index in [0.717, 1.165) is 4.90 Å². The van der Waals surface area contributed by atoms with Crippen LogP contribution in [-0.4, -0.2) is 60.6 Å². The first-order valence-electron chi connectivity index (χ1n) is 6.35. The van der Waals surface area contributed by atoms with E-state index in [2.05, 4.69) is 15.5 Å². The highest BCUT2D eigenvalue weighted by atomic mass is 16.4. The molecule has 9 nitrogen and oxygen atoms in total. The Morgan fingerprint density at radius 1 is 1.55 bits per heavy atom. The van der Waals surface area contributed by atoms with Crippen LogP contribution in [0, 0.1) is 0 Å². The normalized spacial score (nSPS) is 22.0. The van der Waals surface area contributed by atoms with Crippen LogP contribution >= 0.6 is 0 Å². The zero-order chi connectivity index (χ0) is 14.7. The molecule has 110 valence electrons. The second-order valence-electron chi connectivity index (χ2n) is 4.59. The molecule has 1 aliphatic rings. The standard InChI is InChI=1S/C11H17N5O4/c1-2-15-6-13-14-9(15)4-12-11(20)16-5-7(17)3-8(16)10(18)19/h6-8,17H,2-5H2,1H3,(H,12,20)(H,18,19)/t7?,8-/m0/s1. The zero-order valence-electron chi connectivity index (χ0n) is 11.1. The Morgan fingerprint density at radius 2 is 2.30 bits per heavy atom. The van der Waals surface area contributed by atoms with E-state index in [1.165, 1.54) is 0 Å². The van der Waals surface area contributed by atoms with E-state index < -0.39 is 24.1 Å². The molecule has 0 bridgehead atoms. The molecule has 1 aromatic rings. The number of amides is 2. The number of carbonyl (C=O) groups is 2. The fourth-order valence-electron chi connectivity index (χ4n) is 2.21. The third kappa shape index (κ3) is 2.87. The maximum absolute atomic E-state index is 12.0. The number of likely N-dealkylation sites (tertiary alicyclic amines) is 1. The molecule has 20 heavy (non-hydrogen) atoms. The van der Waals surface area contributed by atoms with E-state index in [9.17, 15) is 14.7 Å². The second-order valence-corrected chi connectivity index (χ2v) is 4.59. The minimum atomic E-state index is -1.12. The summed E-state index contributed by atoms with van der Waals surface area (Å²) in [5, 5.41) is 28.7. The molecule has 0 aromatic carbocycles. The molecule has 0 spiro atoms. The first-order chi connectivity index (χ1) is 9.52. The van der Waals surface area contributed by atoms with E-state index in [4.69, 9.17) is 5.11 Å². The molecule has 3 N–H and O–H groups in total. The average Bonchev–Trinajstić information content (AvgIpc) is 3.01. The van der Waals surface area contributed by atoms with Crippen LogP contribution in [0.3, 0.4) is 0 Å². The van der Waals surface area contributed by atoms with Gasteiger partial charge in [0.2, 0.25) is 0 Å². The van der Waals surface area contributed by atoms with Gasteiger partial charge in [0.1, 0.15) is 12.4 Å². The van der Waals surface area contributed by atoms with E-state index in [-0.39, 0.29) is 19.5 Å². The summed E-state index contributed by atoms with van der Waals surface area (Å²) >= 11 is 0. The van der Waals surface area contributed by atoms with Crippen molar-refractivity contribution in [1.82, 2.24) is 25.0 Å². The van der Waals surface area contributed by atoms with E-state index in [1.54, 1.807) is 10.9 Å². The van der Waals surface area contributed by atoms with E-state index in [0.29, 0.717) is 12.4 Å². The zero-order valence-corrected chi connectivity index (χ0v) is 11.1. The topological polar surface area (TPSA) is 121 Å². The number of nitrogens with zero attached hydrogens (tertiary/aromatic N) is 4. The van der Waals surface area contributed by atoms with Crippen LogP contribution in [0.5, 0.6) is 0 Å². The van der Waals surface area contributed by atoms with Crippen molar-refractivity contribution in [2.24, 2.45) is 0 Å². The van der Waals surface area contributed by atoms with Crippen LogP contribution in [0.1, 0.15) is 19.2 Å². The number of aliphatic hydroxyl groups excluding tert-OH is 1. The highest BCUT2D eigenvalue weighted by Gasteiger charge is 2.38. The van der Waals surface area contributed by atoms with Gasteiger partial charge in [0.25, 0.3) is 0 Å². The van der Waals surface area contributed by atoms with Crippen LogP contribution < -0.4 is 5.32 Å².